The number of guanidine groups is 1. The van der Waals surface area contributed by atoms with E-state index in [4.69, 9.17) is 17.2 Å². The van der Waals surface area contributed by atoms with Crippen LogP contribution in [-0.2, 0) is 56.0 Å². The number of rotatable bonds is 17. The molecule has 0 bridgehead atoms. The third-order valence-electron chi connectivity index (χ3n) is 12.8. The number of hydrogen-bond donors (Lipinski definition) is 13. The molecule has 24 nitrogen and oxygen atoms in total. The Balaban J connectivity index is 1.57. The Labute approximate surface area is 434 Å². The molecule has 75 heavy (non-hydrogen) atoms. The van der Waals surface area contributed by atoms with E-state index in [1.807, 2.05) is 31.2 Å². The van der Waals surface area contributed by atoms with E-state index in [0.717, 1.165) is 10.9 Å². The van der Waals surface area contributed by atoms with Crippen LogP contribution in [0.3, 0.4) is 0 Å². The first-order chi connectivity index (χ1) is 35.9. The zero-order chi connectivity index (χ0) is 54.4. The standard InChI is InChI=1S/C51H71N15O9/c1-4-5-17-37(60-30(3)67)45(70)65-41-25-42(68)56-21-12-11-19-36(44(52)69)61-50(75)43(29(2)34-27-58-35-18-10-9-16-33(34)35)66-46(71)38(20-13-22-57-51(53)54)62-47(72)39(23-31-14-7-6-8-15-31)63-48(73)40(64-49(41)74)24-32-26-55-28-59-32/h6-10,14-16,18,26-29,36-41,43,58H,4-5,11-13,17,19-25H2,1-3H3,(H2,52,69)(H,55,59)(H,56,68)(H,60,67)(H,61,75)(H,62,72)(H,63,73)(H,64,74)(H,65,70)(H,66,71)(H4,53,54,57)/t29?,36-,37-,38-,39+,40-,41-,43+/m0/s1. The monoisotopic (exact) mass is 1040 g/mol. The molecule has 2 aromatic carbocycles. The topological polar surface area (TPSA) is 385 Å². The van der Waals surface area contributed by atoms with Crippen molar-refractivity contribution in [3.05, 3.63) is 90.1 Å². The number of carbonyl (C=O) groups is 9. The van der Waals surface area contributed by atoms with Gasteiger partial charge in [-0.15, -0.1) is 0 Å². The van der Waals surface area contributed by atoms with Crippen LogP contribution < -0.4 is 59.7 Å². The highest BCUT2D eigenvalue weighted by molar-refractivity contribution is 5.99. The summed E-state index contributed by atoms with van der Waals surface area (Å²) in [7, 11) is 0. The van der Waals surface area contributed by atoms with Crippen molar-refractivity contribution in [2.75, 3.05) is 13.1 Å². The number of aromatic amines is 2. The highest BCUT2D eigenvalue weighted by atomic mass is 16.2. The molecule has 2 aromatic heterocycles. The summed E-state index contributed by atoms with van der Waals surface area (Å²) in [4.78, 5) is 140. The maximum atomic E-state index is 14.8. The van der Waals surface area contributed by atoms with Gasteiger partial charge in [0.15, 0.2) is 5.96 Å². The van der Waals surface area contributed by atoms with E-state index in [-0.39, 0.29) is 70.4 Å². The fourth-order valence-corrected chi connectivity index (χ4v) is 8.71. The average Bonchev–Trinajstić information content (AvgIpc) is 4.06. The van der Waals surface area contributed by atoms with Gasteiger partial charge in [-0.1, -0.05) is 75.2 Å². The van der Waals surface area contributed by atoms with Gasteiger partial charge < -0.3 is 69.7 Å². The van der Waals surface area contributed by atoms with Crippen molar-refractivity contribution in [3.63, 3.8) is 0 Å². The number of imidazole rings is 1. The number of primary amides is 1. The number of nitrogens with two attached hydrogens (primary N) is 3. The molecule has 0 spiro atoms. The Bertz CT molecular complexity index is 2620. The molecule has 1 unspecified atom stereocenters. The number of fused-ring (bicyclic) bond motifs is 1. The van der Waals surface area contributed by atoms with Crippen molar-refractivity contribution >= 4 is 70.0 Å². The summed E-state index contributed by atoms with van der Waals surface area (Å²) in [5.74, 6) is -7.85. The van der Waals surface area contributed by atoms with Crippen LogP contribution in [0.2, 0.25) is 0 Å². The summed E-state index contributed by atoms with van der Waals surface area (Å²) in [5.41, 5.74) is 19.5. The van der Waals surface area contributed by atoms with E-state index in [0.29, 0.717) is 29.7 Å². The summed E-state index contributed by atoms with van der Waals surface area (Å²) in [6, 6.07) is 6.64. The van der Waals surface area contributed by atoms with E-state index < -0.39 is 108 Å². The van der Waals surface area contributed by atoms with Crippen LogP contribution in [0.4, 0.5) is 0 Å². The van der Waals surface area contributed by atoms with Gasteiger partial charge in [0.1, 0.15) is 42.3 Å². The first kappa shape index (κ1) is 57.6. The van der Waals surface area contributed by atoms with Crippen LogP contribution in [0.15, 0.2) is 78.3 Å². The molecule has 1 aliphatic heterocycles. The Morgan fingerprint density at radius 1 is 0.787 bits per heavy atom. The van der Waals surface area contributed by atoms with Gasteiger partial charge in [0.25, 0.3) is 0 Å². The second-order valence-electron chi connectivity index (χ2n) is 18.6. The molecule has 24 heteroatoms. The van der Waals surface area contributed by atoms with Gasteiger partial charge >= 0.3 is 0 Å². The molecule has 4 aromatic rings. The number of amides is 9. The average molecular weight is 1040 g/mol. The first-order valence-corrected chi connectivity index (χ1v) is 25.2. The fourth-order valence-electron chi connectivity index (χ4n) is 8.71. The number of unbranched alkanes of at least 4 members (excludes halogenated alkanes) is 1. The van der Waals surface area contributed by atoms with Crippen LogP contribution in [0, 0.1) is 0 Å². The van der Waals surface area contributed by atoms with Gasteiger partial charge in [-0.25, -0.2) is 4.98 Å². The molecule has 3 heterocycles. The van der Waals surface area contributed by atoms with Crippen LogP contribution in [-0.4, -0.2) is 129 Å². The maximum absolute atomic E-state index is 14.8. The predicted octanol–water partition coefficient (Wildman–Crippen LogP) is -0.687. The number of H-pyrrole nitrogens is 2. The van der Waals surface area contributed by atoms with Gasteiger partial charge in [0.05, 0.1) is 12.7 Å². The minimum atomic E-state index is -1.58. The molecular formula is C51H71N15O9. The number of carbonyl (C=O) groups excluding carboxylic acids is 9. The molecule has 404 valence electrons. The van der Waals surface area contributed by atoms with E-state index in [2.05, 4.69) is 62.5 Å². The minimum Gasteiger partial charge on any atom is -0.370 e. The number of para-hydroxylation sites is 1. The lowest BCUT2D eigenvalue weighted by Crippen LogP contribution is -2.61. The van der Waals surface area contributed by atoms with Crippen LogP contribution >= 0.6 is 0 Å². The number of nitrogens with zero attached hydrogens (tertiary/aromatic N) is 2. The molecule has 9 amide bonds. The van der Waals surface area contributed by atoms with Crippen molar-refractivity contribution in [2.45, 2.75) is 140 Å². The number of aliphatic imine (C=N–C) groups is 1. The second-order valence-corrected chi connectivity index (χ2v) is 18.6. The molecule has 16 N–H and O–H groups in total. The van der Waals surface area contributed by atoms with Crippen molar-refractivity contribution in [3.8, 4) is 0 Å². The zero-order valence-electron chi connectivity index (χ0n) is 42.5. The Morgan fingerprint density at radius 2 is 1.47 bits per heavy atom. The van der Waals surface area contributed by atoms with Gasteiger partial charge in [0, 0.05) is 67.8 Å². The smallest absolute Gasteiger partial charge is 0.243 e. The third kappa shape index (κ3) is 18.0. The lowest BCUT2D eigenvalue weighted by atomic mass is 9.91. The summed E-state index contributed by atoms with van der Waals surface area (Å²) in [6.07, 6.45) is 5.77. The molecule has 1 aliphatic rings. The fraction of sp³-hybridized carbons (Fsp3) is 0.471. The third-order valence-corrected chi connectivity index (χ3v) is 12.8. The van der Waals surface area contributed by atoms with E-state index in [9.17, 15) is 43.2 Å². The van der Waals surface area contributed by atoms with Gasteiger partial charge in [0.2, 0.25) is 53.2 Å². The van der Waals surface area contributed by atoms with E-state index in [1.54, 1.807) is 43.5 Å². The Morgan fingerprint density at radius 3 is 2.15 bits per heavy atom. The summed E-state index contributed by atoms with van der Waals surface area (Å²) in [6.45, 7) is 4.98. The maximum Gasteiger partial charge on any atom is 0.243 e. The van der Waals surface area contributed by atoms with E-state index >= 15 is 0 Å². The molecule has 0 aliphatic carbocycles. The Hall–Kier alpha value is -8.31. The lowest BCUT2D eigenvalue weighted by molar-refractivity contribution is -0.136. The van der Waals surface area contributed by atoms with Crippen molar-refractivity contribution in [1.82, 2.24) is 57.5 Å². The van der Waals surface area contributed by atoms with Crippen LogP contribution in [0.25, 0.3) is 10.9 Å². The number of aromatic nitrogens is 3. The number of hydrogen-bond acceptors (Lipinski definition) is 11. The van der Waals surface area contributed by atoms with Gasteiger partial charge in [-0.05, 0) is 55.7 Å². The first-order valence-electron chi connectivity index (χ1n) is 25.2. The summed E-state index contributed by atoms with van der Waals surface area (Å²) >= 11 is 0. The van der Waals surface area contributed by atoms with E-state index in [1.165, 1.54) is 19.4 Å². The van der Waals surface area contributed by atoms with Crippen LogP contribution in [0.5, 0.6) is 0 Å². The normalized spacial score (nSPS) is 21.6. The van der Waals surface area contributed by atoms with Gasteiger partial charge in [-0.3, -0.25) is 48.1 Å². The highest BCUT2D eigenvalue weighted by Crippen LogP contribution is 2.28. The number of benzene rings is 2. The highest BCUT2D eigenvalue weighted by Gasteiger charge is 2.37. The SMILES string of the molecule is CCCC[C@H](NC(C)=O)C(=O)N[C@H]1CC(=O)NCCCC[C@@H](C(N)=O)NC(=O)[C@@H](C(C)c2c[nH]c3ccccc23)NC(=O)[C@H](CCCN=C(N)N)NC(=O)[C@@H](Cc2ccccc2)NC(=O)[C@H](Cc2cnc[nH]2)NC1=O. The van der Waals surface area contributed by atoms with Crippen molar-refractivity contribution in [2.24, 2.45) is 22.2 Å². The van der Waals surface area contributed by atoms with Crippen molar-refractivity contribution in [1.29, 1.82) is 0 Å². The molecule has 0 saturated carbocycles. The second kappa shape index (κ2) is 28.8. The molecular weight excluding hydrogens is 967 g/mol. The Kier molecular flexibility index (Phi) is 22.1. The van der Waals surface area contributed by atoms with Gasteiger partial charge in [-0.2, -0.15) is 0 Å². The molecule has 1 fully saturated rings. The molecule has 1 saturated heterocycles. The largest absolute Gasteiger partial charge is 0.370 e. The summed E-state index contributed by atoms with van der Waals surface area (Å²) < 4.78 is 0. The minimum absolute atomic E-state index is 0.0352. The summed E-state index contributed by atoms with van der Waals surface area (Å²) in [5, 5.41) is 22.5. The molecule has 5 rings (SSSR count). The quantitative estimate of drug-likeness (QED) is 0.0355. The molecule has 8 atom stereocenters. The predicted molar refractivity (Wildman–Crippen MR) is 278 cm³/mol. The van der Waals surface area contributed by atoms with Crippen molar-refractivity contribution < 1.29 is 43.2 Å². The number of nitrogens with one attached hydrogen (secondary N) is 10. The zero-order valence-corrected chi connectivity index (χ0v) is 42.5. The molecule has 0 radical (unpaired) electrons. The lowest BCUT2D eigenvalue weighted by Gasteiger charge is -2.29. The van der Waals surface area contributed by atoms with Crippen LogP contribution in [0.1, 0.15) is 101 Å².